The van der Waals surface area contributed by atoms with E-state index in [2.05, 4.69) is 10.3 Å². The Morgan fingerprint density at radius 2 is 2.09 bits per heavy atom. The van der Waals surface area contributed by atoms with E-state index < -0.39 is 5.97 Å². The quantitative estimate of drug-likeness (QED) is 0.850. The Kier molecular flexibility index (Phi) is 4.38. The third-order valence-corrected chi connectivity index (χ3v) is 4.74. The molecule has 0 aliphatic heterocycles. The molecule has 1 aromatic carbocycles. The number of carboxylic acid groups (broad SMARTS) is 1. The van der Waals surface area contributed by atoms with E-state index in [4.69, 9.17) is 5.11 Å². The Balaban J connectivity index is 1.45. The highest BCUT2D eigenvalue weighted by atomic mass is 32.1. The van der Waals surface area contributed by atoms with Gasteiger partial charge >= 0.3 is 5.97 Å². The number of carboxylic acids is 1. The van der Waals surface area contributed by atoms with E-state index >= 15 is 0 Å². The number of carbonyl (C=O) groups is 2. The van der Waals surface area contributed by atoms with E-state index in [9.17, 15) is 14.0 Å². The van der Waals surface area contributed by atoms with Crippen molar-refractivity contribution in [3.05, 3.63) is 51.7 Å². The first-order valence-corrected chi connectivity index (χ1v) is 8.13. The van der Waals surface area contributed by atoms with Gasteiger partial charge in [-0.25, -0.2) is 14.2 Å². The number of hydrogen-bond donors (Lipinski definition) is 2. The zero-order valence-electron chi connectivity index (χ0n) is 12.2. The van der Waals surface area contributed by atoms with Crippen molar-refractivity contribution in [2.75, 3.05) is 6.54 Å². The fraction of sp³-hybridized carbons (Fsp3) is 0.312. The van der Waals surface area contributed by atoms with Crippen LogP contribution in [-0.2, 0) is 11.2 Å². The van der Waals surface area contributed by atoms with E-state index in [0.717, 1.165) is 12.0 Å². The monoisotopic (exact) mass is 334 g/mol. The van der Waals surface area contributed by atoms with E-state index in [0.29, 0.717) is 18.0 Å². The molecule has 0 radical (unpaired) electrons. The van der Waals surface area contributed by atoms with Crippen LogP contribution in [0.25, 0.3) is 0 Å². The number of halogens is 1. The number of thiazole rings is 1. The van der Waals surface area contributed by atoms with Gasteiger partial charge < -0.3 is 10.4 Å². The van der Waals surface area contributed by atoms with Gasteiger partial charge in [-0.1, -0.05) is 12.1 Å². The van der Waals surface area contributed by atoms with Gasteiger partial charge in [0.05, 0.1) is 5.01 Å². The number of carbonyl (C=O) groups excluding carboxylic acids is 1. The number of hydrogen-bond acceptors (Lipinski definition) is 4. The molecule has 3 rings (SSSR count). The maximum absolute atomic E-state index is 12.9. The molecule has 1 saturated carbocycles. The fourth-order valence-corrected chi connectivity index (χ4v) is 3.28. The van der Waals surface area contributed by atoms with Crippen molar-refractivity contribution in [1.82, 2.24) is 10.3 Å². The molecule has 1 amide bonds. The largest absolute Gasteiger partial charge is 0.476 e. The summed E-state index contributed by atoms with van der Waals surface area (Å²) in [4.78, 5) is 26.8. The Morgan fingerprint density at radius 1 is 1.35 bits per heavy atom. The van der Waals surface area contributed by atoms with Crippen molar-refractivity contribution in [2.24, 2.45) is 5.92 Å². The van der Waals surface area contributed by atoms with E-state index in [1.165, 1.54) is 28.8 Å². The highest BCUT2D eigenvalue weighted by molar-refractivity contribution is 7.09. The lowest BCUT2D eigenvalue weighted by atomic mass is 10.1. The predicted octanol–water partition coefficient (Wildman–Crippen LogP) is 2.44. The molecule has 1 aromatic heterocycles. The van der Waals surface area contributed by atoms with Crippen LogP contribution in [0.4, 0.5) is 4.39 Å². The molecule has 1 fully saturated rings. The van der Waals surface area contributed by atoms with Crippen LogP contribution in [0.2, 0.25) is 0 Å². The van der Waals surface area contributed by atoms with Crippen LogP contribution in [-0.4, -0.2) is 28.5 Å². The number of amides is 1. The minimum atomic E-state index is -1.04. The maximum Gasteiger partial charge on any atom is 0.355 e. The van der Waals surface area contributed by atoms with Crippen LogP contribution in [0.1, 0.15) is 33.4 Å². The van der Waals surface area contributed by atoms with Crippen molar-refractivity contribution in [2.45, 2.75) is 18.8 Å². The number of aromatic carboxylic acids is 1. The van der Waals surface area contributed by atoms with Gasteiger partial charge in [-0.05, 0) is 30.0 Å². The lowest BCUT2D eigenvalue weighted by molar-refractivity contribution is -0.122. The SMILES string of the molecule is O=C(O)c1csc(CCNC(=O)C2CC2c2ccc(F)cc2)n1. The third-order valence-electron chi connectivity index (χ3n) is 3.83. The second kappa shape index (κ2) is 6.45. The highest BCUT2D eigenvalue weighted by Gasteiger charge is 2.43. The topological polar surface area (TPSA) is 79.3 Å². The van der Waals surface area contributed by atoms with E-state index in [-0.39, 0.29) is 29.3 Å². The first-order chi connectivity index (χ1) is 11.0. The molecule has 0 bridgehead atoms. The summed E-state index contributed by atoms with van der Waals surface area (Å²) >= 11 is 1.27. The standard InChI is InChI=1S/C16H15FN2O3S/c17-10-3-1-9(2-4-10)11-7-12(11)15(20)18-6-5-14-19-13(8-23-14)16(21)22/h1-4,8,11-12H,5-7H2,(H,18,20)(H,21,22). The number of rotatable bonds is 6. The summed E-state index contributed by atoms with van der Waals surface area (Å²) in [6, 6.07) is 6.25. The molecule has 23 heavy (non-hydrogen) atoms. The average molecular weight is 334 g/mol. The molecule has 2 aromatic rings. The minimum absolute atomic E-state index is 0.0191. The molecular formula is C16H15FN2O3S. The number of nitrogens with zero attached hydrogens (tertiary/aromatic N) is 1. The third kappa shape index (κ3) is 3.73. The summed E-state index contributed by atoms with van der Waals surface area (Å²) in [6.45, 7) is 0.429. The van der Waals surface area contributed by atoms with Crippen molar-refractivity contribution in [3.8, 4) is 0 Å². The van der Waals surface area contributed by atoms with Gasteiger partial charge in [0.1, 0.15) is 5.82 Å². The Hall–Kier alpha value is -2.28. The van der Waals surface area contributed by atoms with Crippen LogP contribution in [0.15, 0.2) is 29.6 Å². The minimum Gasteiger partial charge on any atom is -0.476 e. The molecule has 7 heteroatoms. The van der Waals surface area contributed by atoms with Gasteiger partial charge in [-0.2, -0.15) is 0 Å². The normalized spacial score (nSPS) is 19.3. The van der Waals surface area contributed by atoms with Crippen molar-refractivity contribution < 1.29 is 19.1 Å². The molecule has 2 atom stereocenters. The fourth-order valence-electron chi connectivity index (χ4n) is 2.51. The Bertz CT molecular complexity index is 729. The molecule has 2 unspecified atom stereocenters. The summed E-state index contributed by atoms with van der Waals surface area (Å²) in [5, 5.41) is 13.8. The van der Waals surface area contributed by atoms with Gasteiger partial charge in [0.15, 0.2) is 5.69 Å². The molecule has 1 aliphatic carbocycles. The molecule has 120 valence electrons. The van der Waals surface area contributed by atoms with Gasteiger partial charge in [0, 0.05) is 24.3 Å². The lowest BCUT2D eigenvalue weighted by Gasteiger charge is -2.04. The van der Waals surface area contributed by atoms with Crippen LogP contribution in [0.3, 0.4) is 0 Å². The zero-order chi connectivity index (χ0) is 16.4. The molecule has 5 nitrogen and oxygen atoms in total. The van der Waals surface area contributed by atoms with Crippen LogP contribution in [0, 0.1) is 11.7 Å². The second-order valence-electron chi connectivity index (χ2n) is 5.47. The highest BCUT2D eigenvalue weighted by Crippen LogP contribution is 2.47. The second-order valence-corrected chi connectivity index (χ2v) is 6.42. The molecule has 1 aliphatic rings. The van der Waals surface area contributed by atoms with Crippen molar-refractivity contribution in [1.29, 1.82) is 0 Å². The van der Waals surface area contributed by atoms with Gasteiger partial charge in [-0.3, -0.25) is 4.79 Å². The average Bonchev–Trinajstić information content (AvgIpc) is 3.18. The first kappa shape index (κ1) is 15.6. The molecule has 1 heterocycles. The summed E-state index contributed by atoms with van der Waals surface area (Å²) in [6.07, 6.45) is 1.29. The van der Waals surface area contributed by atoms with Crippen molar-refractivity contribution in [3.63, 3.8) is 0 Å². The number of nitrogens with one attached hydrogen (secondary N) is 1. The van der Waals surface area contributed by atoms with Crippen molar-refractivity contribution >= 4 is 23.2 Å². The summed E-state index contributed by atoms with van der Waals surface area (Å²) < 4.78 is 12.9. The number of aromatic nitrogens is 1. The Labute approximate surface area is 136 Å². The smallest absolute Gasteiger partial charge is 0.355 e. The predicted molar refractivity (Wildman–Crippen MR) is 83.0 cm³/mol. The summed E-state index contributed by atoms with van der Waals surface area (Å²) in [5.41, 5.74) is 1.02. The first-order valence-electron chi connectivity index (χ1n) is 7.25. The molecular weight excluding hydrogens is 319 g/mol. The van der Waals surface area contributed by atoms with Crippen LogP contribution < -0.4 is 5.32 Å². The summed E-state index contributed by atoms with van der Waals surface area (Å²) in [7, 11) is 0. The van der Waals surface area contributed by atoms with Crippen LogP contribution in [0.5, 0.6) is 0 Å². The number of benzene rings is 1. The van der Waals surface area contributed by atoms with E-state index in [1.807, 2.05) is 0 Å². The van der Waals surface area contributed by atoms with Gasteiger partial charge in [0.25, 0.3) is 0 Å². The molecule has 0 saturated heterocycles. The Morgan fingerprint density at radius 3 is 2.74 bits per heavy atom. The molecule has 2 N–H and O–H groups in total. The maximum atomic E-state index is 12.9. The van der Waals surface area contributed by atoms with E-state index in [1.54, 1.807) is 12.1 Å². The zero-order valence-corrected chi connectivity index (χ0v) is 13.0. The lowest BCUT2D eigenvalue weighted by Crippen LogP contribution is -2.27. The van der Waals surface area contributed by atoms with Gasteiger partial charge in [-0.15, -0.1) is 11.3 Å². The summed E-state index contributed by atoms with van der Waals surface area (Å²) in [5.74, 6) is -1.24. The van der Waals surface area contributed by atoms with Crippen LogP contribution >= 0.6 is 11.3 Å². The molecule has 0 spiro atoms. The van der Waals surface area contributed by atoms with Gasteiger partial charge in [0.2, 0.25) is 5.91 Å².